The van der Waals surface area contributed by atoms with Crippen molar-refractivity contribution in [2.45, 2.75) is 13.0 Å². The van der Waals surface area contributed by atoms with Crippen LogP contribution in [0.3, 0.4) is 0 Å². The van der Waals surface area contributed by atoms with Crippen LogP contribution in [0.1, 0.15) is 27.9 Å². The molecule has 0 unspecified atom stereocenters. The van der Waals surface area contributed by atoms with E-state index in [-0.39, 0.29) is 24.4 Å². The highest BCUT2D eigenvalue weighted by Crippen LogP contribution is 2.35. The van der Waals surface area contributed by atoms with Crippen LogP contribution in [0.4, 0.5) is 0 Å². The van der Waals surface area contributed by atoms with Gasteiger partial charge in [0.05, 0.1) is 23.3 Å². The zero-order chi connectivity index (χ0) is 27.9. The number of aldehydes is 1. The molecule has 0 atom stereocenters. The number of likely N-dealkylation sites (N-methyl/N-ethyl adjacent to an activating group) is 1. The summed E-state index contributed by atoms with van der Waals surface area (Å²) in [5.41, 5.74) is 3.52. The smallest absolute Gasteiger partial charge is 0.340 e. The number of carbonyl (C=O) groups excluding carboxylic acids is 3. The predicted molar refractivity (Wildman–Crippen MR) is 153 cm³/mol. The van der Waals surface area contributed by atoms with Gasteiger partial charge in [0.2, 0.25) is 0 Å². The number of allylic oxidation sites excluding steroid dienone is 1. The van der Waals surface area contributed by atoms with Gasteiger partial charge in [0, 0.05) is 66.1 Å². The Balaban J connectivity index is 1.88. The summed E-state index contributed by atoms with van der Waals surface area (Å²) in [7, 11) is 7.13. The van der Waals surface area contributed by atoms with Crippen molar-refractivity contribution in [3.63, 3.8) is 0 Å². The molecule has 4 rings (SSSR count). The van der Waals surface area contributed by atoms with Gasteiger partial charge in [-0.05, 0) is 39.2 Å². The molecule has 2 aromatic carbocycles. The highest BCUT2D eigenvalue weighted by molar-refractivity contribution is 6.38. The van der Waals surface area contributed by atoms with Crippen LogP contribution >= 0.6 is 0 Å². The minimum atomic E-state index is -0.507. The molecule has 0 spiro atoms. The van der Waals surface area contributed by atoms with Crippen molar-refractivity contribution in [2.75, 3.05) is 48.0 Å². The molecule has 9 nitrogen and oxygen atoms in total. The number of para-hydroxylation sites is 2. The average molecular weight is 531 g/mol. The molecule has 0 fully saturated rings. The molecule has 0 saturated carbocycles. The minimum absolute atomic E-state index is 0.122. The van der Waals surface area contributed by atoms with E-state index in [0.29, 0.717) is 27.6 Å². The van der Waals surface area contributed by atoms with Crippen LogP contribution in [-0.4, -0.2) is 80.6 Å². The summed E-state index contributed by atoms with van der Waals surface area (Å²) < 4.78 is 12.4. The average Bonchev–Trinajstić information content (AvgIpc) is 3.53. The highest BCUT2D eigenvalue weighted by atomic mass is 16.6. The summed E-state index contributed by atoms with van der Waals surface area (Å²) in [5.74, 6) is -0.913. The molecule has 9 heteroatoms. The van der Waals surface area contributed by atoms with E-state index in [9.17, 15) is 14.4 Å². The summed E-state index contributed by atoms with van der Waals surface area (Å²) in [6.07, 6.45) is 5.26. The van der Waals surface area contributed by atoms with Gasteiger partial charge < -0.3 is 29.2 Å². The van der Waals surface area contributed by atoms with Crippen molar-refractivity contribution in [1.82, 2.24) is 19.8 Å². The maximum absolute atomic E-state index is 13.4. The molecular weight excluding hydrogens is 496 g/mol. The fraction of sp³-hybridized carbons (Fsp3) is 0.300. The fourth-order valence-corrected chi connectivity index (χ4v) is 4.80. The van der Waals surface area contributed by atoms with E-state index in [1.54, 1.807) is 18.3 Å². The Kier molecular flexibility index (Phi) is 8.96. The molecule has 0 bridgehead atoms. The molecule has 0 radical (unpaired) electrons. The number of amides is 1. The number of rotatable bonds is 12. The molecular formula is C30H34N4O5. The van der Waals surface area contributed by atoms with E-state index in [4.69, 9.17) is 9.47 Å². The molecule has 2 heterocycles. The number of esters is 1. The van der Waals surface area contributed by atoms with Crippen LogP contribution in [0.2, 0.25) is 0 Å². The summed E-state index contributed by atoms with van der Waals surface area (Å²) in [4.78, 5) is 44.1. The molecule has 0 aliphatic heterocycles. The normalized spacial score (nSPS) is 12.1. The number of hydrogen-bond acceptors (Lipinski definition) is 6. The Labute approximate surface area is 227 Å². The maximum Gasteiger partial charge on any atom is 0.340 e. The fourth-order valence-electron chi connectivity index (χ4n) is 4.80. The van der Waals surface area contributed by atoms with Gasteiger partial charge in [-0.1, -0.05) is 30.3 Å². The summed E-state index contributed by atoms with van der Waals surface area (Å²) in [6.45, 7) is 2.10. The van der Waals surface area contributed by atoms with Gasteiger partial charge in [0.25, 0.3) is 5.91 Å². The second kappa shape index (κ2) is 12.6. The van der Waals surface area contributed by atoms with E-state index in [1.807, 2.05) is 50.6 Å². The molecule has 0 aliphatic carbocycles. The number of aromatic nitrogens is 2. The van der Waals surface area contributed by atoms with Crippen molar-refractivity contribution in [3.8, 4) is 0 Å². The maximum atomic E-state index is 13.4. The van der Waals surface area contributed by atoms with E-state index < -0.39 is 11.9 Å². The number of benzene rings is 2. The van der Waals surface area contributed by atoms with Crippen molar-refractivity contribution in [2.24, 2.45) is 0 Å². The lowest BCUT2D eigenvalue weighted by atomic mass is 9.93. The molecule has 39 heavy (non-hydrogen) atoms. The van der Waals surface area contributed by atoms with Crippen LogP contribution in [0.15, 0.2) is 54.9 Å². The third kappa shape index (κ3) is 5.79. The first kappa shape index (κ1) is 27.8. The largest absolute Gasteiger partial charge is 0.460 e. The van der Waals surface area contributed by atoms with Crippen molar-refractivity contribution >= 4 is 51.1 Å². The first-order chi connectivity index (χ1) is 18.9. The van der Waals surface area contributed by atoms with Gasteiger partial charge in [-0.2, -0.15) is 0 Å². The monoisotopic (exact) mass is 530 g/mol. The second-order valence-corrected chi connectivity index (χ2v) is 9.46. The molecule has 2 aromatic heterocycles. The zero-order valence-corrected chi connectivity index (χ0v) is 22.7. The Morgan fingerprint density at radius 1 is 1.03 bits per heavy atom. The molecule has 0 aliphatic rings. The van der Waals surface area contributed by atoms with Crippen molar-refractivity contribution in [1.29, 1.82) is 0 Å². The number of hydrogen-bond donors (Lipinski definition) is 2. The van der Waals surface area contributed by atoms with Crippen LogP contribution in [0.25, 0.3) is 33.0 Å². The van der Waals surface area contributed by atoms with Crippen molar-refractivity contribution in [3.05, 3.63) is 71.5 Å². The topological polar surface area (TPSA) is 106 Å². The van der Waals surface area contributed by atoms with E-state index in [1.165, 1.54) is 14.2 Å². The first-order valence-corrected chi connectivity index (χ1v) is 12.8. The SMILES string of the molecule is CNC(=O)/C(=C(\C=O)c1cn(CCCN(C)C)c2ccccc12)c1c[nH]c2c(C(=O)OCCOC)cccc12. The Morgan fingerprint density at radius 3 is 2.51 bits per heavy atom. The first-order valence-electron chi connectivity index (χ1n) is 12.8. The molecule has 1 amide bonds. The Hall–Kier alpha value is -4.21. The lowest BCUT2D eigenvalue weighted by Crippen LogP contribution is -2.20. The number of aryl methyl sites for hydroxylation is 1. The van der Waals surface area contributed by atoms with Crippen LogP contribution < -0.4 is 5.32 Å². The van der Waals surface area contributed by atoms with Crippen LogP contribution in [0.5, 0.6) is 0 Å². The summed E-state index contributed by atoms with van der Waals surface area (Å²) >= 11 is 0. The number of carbonyl (C=O) groups is 3. The lowest BCUT2D eigenvalue weighted by molar-refractivity contribution is -0.115. The summed E-state index contributed by atoms with van der Waals surface area (Å²) in [5, 5.41) is 4.20. The van der Waals surface area contributed by atoms with Gasteiger partial charge in [-0.15, -0.1) is 0 Å². The highest BCUT2D eigenvalue weighted by Gasteiger charge is 2.25. The van der Waals surface area contributed by atoms with E-state index in [2.05, 4.69) is 19.8 Å². The van der Waals surface area contributed by atoms with Gasteiger partial charge in [-0.3, -0.25) is 9.59 Å². The summed E-state index contributed by atoms with van der Waals surface area (Å²) in [6, 6.07) is 13.1. The Morgan fingerprint density at radius 2 is 1.79 bits per heavy atom. The second-order valence-electron chi connectivity index (χ2n) is 9.46. The molecule has 2 N–H and O–H groups in total. The van der Waals surface area contributed by atoms with Gasteiger partial charge in [0.1, 0.15) is 6.61 Å². The number of nitrogens with zero attached hydrogens (tertiary/aromatic N) is 2. The molecule has 204 valence electrons. The third-order valence-electron chi connectivity index (χ3n) is 6.65. The predicted octanol–water partition coefficient (Wildman–Crippen LogP) is 3.73. The van der Waals surface area contributed by atoms with Crippen LogP contribution in [0, 0.1) is 0 Å². The number of ether oxygens (including phenoxy) is 2. The Bertz CT molecular complexity index is 1530. The van der Waals surface area contributed by atoms with Crippen LogP contribution in [-0.2, 0) is 25.6 Å². The number of aromatic amines is 1. The van der Waals surface area contributed by atoms with Gasteiger partial charge in [-0.25, -0.2) is 4.79 Å². The van der Waals surface area contributed by atoms with Gasteiger partial charge in [0.15, 0.2) is 6.29 Å². The molecule has 4 aromatic rings. The van der Waals surface area contributed by atoms with Gasteiger partial charge >= 0.3 is 5.97 Å². The quantitative estimate of drug-likeness (QED) is 0.125. The van der Waals surface area contributed by atoms with Crippen molar-refractivity contribution < 1.29 is 23.9 Å². The zero-order valence-electron chi connectivity index (χ0n) is 22.7. The number of methoxy groups -OCH3 is 1. The third-order valence-corrected chi connectivity index (χ3v) is 6.65. The number of fused-ring (bicyclic) bond motifs is 2. The standard InChI is InChI=1S/C30H34N4O5/c1-31-29(36)27(23-17-32-28-21(23)10-7-11-22(28)30(37)39-16-15-38-4)25(19-35)24-18-34(14-8-13-33(2)3)26-12-6-5-9-20(24)26/h5-7,9-12,17-19,32H,8,13-16H2,1-4H3,(H,31,36)/b27-25+. The number of nitrogens with one attached hydrogen (secondary N) is 2. The van der Waals surface area contributed by atoms with E-state index >= 15 is 0 Å². The lowest BCUT2D eigenvalue weighted by Gasteiger charge is -2.11. The minimum Gasteiger partial charge on any atom is -0.460 e. The number of H-pyrrole nitrogens is 1. The van der Waals surface area contributed by atoms with E-state index in [0.717, 1.165) is 36.7 Å². The molecule has 0 saturated heterocycles.